The Morgan fingerprint density at radius 2 is 1.80 bits per heavy atom. The first-order valence-corrected chi connectivity index (χ1v) is 16.0. The van der Waals surface area contributed by atoms with Crippen LogP contribution in [0.4, 0.5) is 8.78 Å². The summed E-state index contributed by atoms with van der Waals surface area (Å²) in [6.07, 6.45) is 4.78. The number of fused-ring (bicyclic) bond motifs is 1. The van der Waals surface area contributed by atoms with Gasteiger partial charge in [-0.1, -0.05) is 35.9 Å². The fourth-order valence-corrected chi connectivity index (χ4v) is 7.84. The highest BCUT2D eigenvalue weighted by atomic mass is 35.5. The second kappa shape index (κ2) is 12.6. The van der Waals surface area contributed by atoms with Gasteiger partial charge in [-0.2, -0.15) is 0 Å². The lowest BCUT2D eigenvalue weighted by molar-refractivity contribution is 0.0604. The molecule has 4 aromatic rings. The maximum atomic E-state index is 14.7. The number of carbonyl (C=O) groups excluding carboxylic acids is 1. The van der Waals surface area contributed by atoms with E-state index in [0.717, 1.165) is 65.8 Å². The van der Waals surface area contributed by atoms with Gasteiger partial charge in [-0.05, 0) is 67.1 Å². The molecule has 1 aliphatic carbocycles. The van der Waals surface area contributed by atoms with Crippen molar-refractivity contribution >= 4 is 49.7 Å². The molecule has 1 fully saturated rings. The zero-order valence-corrected chi connectivity index (χ0v) is 25.3. The van der Waals surface area contributed by atoms with Crippen LogP contribution in [0.5, 0.6) is 5.75 Å². The summed E-state index contributed by atoms with van der Waals surface area (Å²) in [5.41, 5.74) is 2.43. The van der Waals surface area contributed by atoms with Crippen LogP contribution in [0.3, 0.4) is 0 Å². The van der Waals surface area contributed by atoms with Gasteiger partial charge in [0.1, 0.15) is 22.3 Å². The lowest BCUT2D eigenvalue weighted by atomic mass is 9.89. The number of halogens is 3. The fourth-order valence-electron chi connectivity index (χ4n) is 5.57. The minimum atomic E-state index is -1.20. The first-order chi connectivity index (χ1) is 19.7. The molecule has 0 bridgehead atoms. The maximum Gasteiger partial charge on any atom is 0.266 e. The molecule has 1 amide bonds. The molecule has 0 spiro atoms. The number of rotatable bonds is 8. The molecule has 1 aromatic heterocycles. The van der Waals surface area contributed by atoms with E-state index in [1.807, 2.05) is 49.5 Å². The molecule has 41 heavy (non-hydrogen) atoms. The molecular weight excluding hydrogens is 586 g/mol. The van der Waals surface area contributed by atoms with Crippen molar-refractivity contribution in [3.8, 4) is 16.9 Å². The van der Waals surface area contributed by atoms with Crippen LogP contribution in [-0.2, 0) is 17.3 Å². The quantitative estimate of drug-likeness (QED) is 0.207. The van der Waals surface area contributed by atoms with E-state index in [1.54, 1.807) is 18.3 Å². The first-order valence-electron chi connectivity index (χ1n) is 13.3. The Balaban J connectivity index is 1.58. The lowest BCUT2D eigenvalue weighted by Crippen LogP contribution is -2.43. The van der Waals surface area contributed by atoms with Gasteiger partial charge in [0.25, 0.3) is 5.91 Å². The summed E-state index contributed by atoms with van der Waals surface area (Å²) >= 11 is 7.43. The number of hydrogen-bond donors (Lipinski definition) is 0. The van der Waals surface area contributed by atoms with Crippen LogP contribution >= 0.6 is 22.9 Å². The third kappa shape index (κ3) is 5.91. The van der Waals surface area contributed by atoms with Crippen LogP contribution < -0.4 is 10.1 Å². The number of hydrogen-bond acceptors (Lipinski definition) is 4. The molecule has 10 heteroatoms. The second-order valence-corrected chi connectivity index (χ2v) is 12.9. The molecule has 3 aromatic carbocycles. The van der Waals surface area contributed by atoms with Crippen LogP contribution in [0.15, 0.2) is 59.5 Å². The van der Waals surface area contributed by atoms with Crippen LogP contribution in [0, 0.1) is 11.6 Å². The molecule has 0 saturated heterocycles. The fraction of sp³-hybridized carbons (Fsp3) is 0.323. The smallest absolute Gasteiger partial charge is 0.266 e. The average molecular weight is 616 g/mol. The molecule has 5 rings (SSSR count). The highest BCUT2D eigenvalue weighted by Gasteiger charge is 2.33. The van der Waals surface area contributed by atoms with E-state index in [4.69, 9.17) is 16.3 Å². The summed E-state index contributed by atoms with van der Waals surface area (Å²) < 4.78 is 47.4. The van der Waals surface area contributed by atoms with Crippen molar-refractivity contribution in [3.63, 3.8) is 0 Å². The van der Waals surface area contributed by atoms with Crippen molar-refractivity contribution in [2.24, 2.45) is 0 Å². The normalized spacial score (nSPS) is 17.9. The predicted octanol–water partition coefficient (Wildman–Crippen LogP) is 7.43. The van der Waals surface area contributed by atoms with Crippen LogP contribution in [0.2, 0.25) is 5.02 Å². The number of methoxy groups -OCH3 is 1. The largest absolute Gasteiger partial charge is 0.496 e. The van der Waals surface area contributed by atoms with E-state index in [-0.39, 0.29) is 44.5 Å². The van der Waals surface area contributed by atoms with E-state index in [1.165, 1.54) is 0 Å². The minimum Gasteiger partial charge on any atom is -0.496 e. The third-order valence-corrected chi connectivity index (χ3v) is 10.4. The molecule has 1 atom stereocenters. The first kappa shape index (κ1) is 29.6. The van der Waals surface area contributed by atoms with Crippen LogP contribution in [0.25, 0.3) is 21.2 Å². The van der Waals surface area contributed by atoms with Crippen molar-refractivity contribution in [2.45, 2.75) is 49.2 Å². The third-order valence-electron chi connectivity index (χ3n) is 7.74. The van der Waals surface area contributed by atoms with Gasteiger partial charge < -0.3 is 9.64 Å². The number of benzene rings is 3. The maximum absolute atomic E-state index is 14.7. The Kier molecular flexibility index (Phi) is 9.09. The average Bonchev–Trinajstić information content (AvgIpc) is 3.35. The van der Waals surface area contributed by atoms with Crippen molar-refractivity contribution in [1.29, 1.82) is 0 Å². The SMILES string of the molecule is C[N]C1CCC(N(Cc2cc(-c3ccccc3S(C)=O)ccc2OC)C(=O)c2sc3c(F)ccc(F)c3c2Cl)CC1. The summed E-state index contributed by atoms with van der Waals surface area (Å²) in [6, 6.07) is 15.4. The number of thiophene rings is 1. The van der Waals surface area contributed by atoms with Gasteiger partial charge in [-0.15, -0.1) is 11.3 Å². The zero-order valence-electron chi connectivity index (χ0n) is 23.0. The molecule has 1 unspecified atom stereocenters. The summed E-state index contributed by atoms with van der Waals surface area (Å²) in [5.74, 6) is -1.07. The molecule has 1 saturated carbocycles. The molecule has 1 aliphatic rings. The van der Waals surface area contributed by atoms with E-state index < -0.39 is 22.4 Å². The van der Waals surface area contributed by atoms with E-state index in [9.17, 15) is 17.8 Å². The molecular formula is C31H30ClF2N2O3S2. The molecule has 0 aliphatic heterocycles. The zero-order chi connectivity index (χ0) is 29.3. The van der Waals surface area contributed by atoms with Gasteiger partial charge in [0.15, 0.2) is 0 Å². The van der Waals surface area contributed by atoms with Crippen molar-refractivity contribution in [1.82, 2.24) is 10.2 Å². The standard InChI is InChI=1S/C31H30ClF2N2O3S2/c1-35-20-9-11-21(12-10-20)36(31(37)30-28(32)27-23(33)13-14-24(34)29(27)40-30)17-19-16-18(8-15-25(19)39-2)22-6-4-5-7-26(22)41(3)38/h4-8,13-16,20-21H,9-12,17H2,1-3H3. The van der Waals surface area contributed by atoms with Crippen molar-refractivity contribution in [2.75, 3.05) is 20.4 Å². The van der Waals surface area contributed by atoms with Crippen molar-refractivity contribution in [3.05, 3.63) is 81.7 Å². The molecule has 1 radical (unpaired) electrons. The van der Waals surface area contributed by atoms with E-state index >= 15 is 0 Å². The van der Waals surface area contributed by atoms with Gasteiger partial charge in [-0.25, -0.2) is 14.1 Å². The Hall–Kier alpha value is -2.85. The van der Waals surface area contributed by atoms with Crippen LogP contribution in [0.1, 0.15) is 40.9 Å². The highest BCUT2D eigenvalue weighted by molar-refractivity contribution is 7.84. The topological polar surface area (TPSA) is 60.7 Å². The molecule has 1 heterocycles. The minimum absolute atomic E-state index is 0.0237. The monoisotopic (exact) mass is 615 g/mol. The number of carbonyl (C=O) groups is 1. The summed E-state index contributed by atoms with van der Waals surface area (Å²) in [5, 5.41) is 4.29. The second-order valence-electron chi connectivity index (χ2n) is 10.1. The molecule has 0 N–H and O–H groups in total. The van der Waals surface area contributed by atoms with Gasteiger partial charge in [0.05, 0.1) is 33.0 Å². The van der Waals surface area contributed by atoms with Gasteiger partial charge in [-0.3, -0.25) is 9.00 Å². The van der Waals surface area contributed by atoms with E-state index in [2.05, 4.69) is 5.32 Å². The molecule has 5 nitrogen and oxygen atoms in total. The molecule has 215 valence electrons. The Morgan fingerprint density at radius 1 is 1.10 bits per heavy atom. The van der Waals surface area contributed by atoms with E-state index in [0.29, 0.717) is 10.6 Å². The van der Waals surface area contributed by atoms with Gasteiger partial charge in [0, 0.05) is 42.4 Å². The van der Waals surface area contributed by atoms with Crippen LogP contribution in [-0.4, -0.2) is 47.5 Å². The Bertz CT molecular complexity index is 1620. The highest BCUT2D eigenvalue weighted by Crippen LogP contribution is 2.41. The van der Waals surface area contributed by atoms with Crippen molar-refractivity contribution < 1.29 is 22.5 Å². The van der Waals surface area contributed by atoms with Gasteiger partial charge >= 0.3 is 0 Å². The summed E-state index contributed by atoms with van der Waals surface area (Å²) in [6.45, 7) is 0.196. The van der Waals surface area contributed by atoms with Gasteiger partial charge in [0.2, 0.25) is 0 Å². The number of ether oxygens (including phenoxy) is 1. The Morgan fingerprint density at radius 3 is 2.46 bits per heavy atom. The summed E-state index contributed by atoms with van der Waals surface area (Å²) in [4.78, 5) is 16.8. The number of amides is 1. The Labute approximate surface area is 249 Å². The lowest BCUT2D eigenvalue weighted by Gasteiger charge is -2.37. The number of nitrogens with zero attached hydrogens (tertiary/aromatic N) is 2. The predicted molar refractivity (Wildman–Crippen MR) is 161 cm³/mol. The summed E-state index contributed by atoms with van der Waals surface area (Å²) in [7, 11) is 2.18.